The molecule has 0 saturated heterocycles. The molecule has 102 valence electrons. The molecule has 6 heteroatoms. The normalized spacial score (nSPS) is 10.7. The second kappa shape index (κ2) is 5.65. The first kappa shape index (κ1) is 14.9. The highest BCUT2D eigenvalue weighted by Gasteiger charge is 2.16. The molecule has 19 heavy (non-hydrogen) atoms. The van der Waals surface area contributed by atoms with Crippen LogP contribution in [0, 0.1) is 23.0 Å². The minimum absolute atomic E-state index is 0.0534. The Hall–Kier alpha value is -2.16. The van der Waals surface area contributed by atoms with Gasteiger partial charge in [0.2, 0.25) is 0 Å². The van der Waals surface area contributed by atoms with Gasteiger partial charge >= 0.3 is 6.09 Å². The highest BCUT2D eigenvalue weighted by molar-refractivity contribution is 5.67. The van der Waals surface area contributed by atoms with Crippen molar-refractivity contribution in [2.45, 2.75) is 32.9 Å². The summed E-state index contributed by atoms with van der Waals surface area (Å²) < 4.78 is 31.7. The molecule has 1 aromatic rings. The van der Waals surface area contributed by atoms with Gasteiger partial charge in [0, 0.05) is 12.1 Å². The molecular formula is C13H14F2N2O2. The fourth-order valence-electron chi connectivity index (χ4n) is 1.29. The monoisotopic (exact) mass is 268 g/mol. The number of nitrogens with one attached hydrogen (secondary N) is 1. The number of carbonyl (C=O) groups excluding carboxylic acids is 1. The Morgan fingerprint density at radius 2 is 2.00 bits per heavy atom. The second-order valence-electron chi connectivity index (χ2n) is 4.89. The van der Waals surface area contributed by atoms with Gasteiger partial charge in [0.25, 0.3) is 0 Å². The molecule has 0 saturated carbocycles. The number of hydrogen-bond donors (Lipinski definition) is 1. The fourth-order valence-corrected chi connectivity index (χ4v) is 1.29. The van der Waals surface area contributed by atoms with Gasteiger partial charge in [0.05, 0.1) is 5.56 Å². The van der Waals surface area contributed by atoms with Crippen molar-refractivity contribution < 1.29 is 18.3 Å². The van der Waals surface area contributed by atoms with Crippen LogP contribution in [-0.2, 0) is 11.3 Å². The van der Waals surface area contributed by atoms with Crippen LogP contribution in [0.25, 0.3) is 0 Å². The molecule has 0 bridgehead atoms. The van der Waals surface area contributed by atoms with E-state index in [1.165, 1.54) is 6.07 Å². The lowest BCUT2D eigenvalue weighted by Gasteiger charge is -2.19. The van der Waals surface area contributed by atoms with Crippen molar-refractivity contribution >= 4 is 6.09 Å². The van der Waals surface area contributed by atoms with Crippen LogP contribution in [0.15, 0.2) is 12.1 Å². The van der Waals surface area contributed by atoms with Gasteiger partial charge in [0.15, 0.2) is 0 Å². The lowest BCUT2D eigenvalue weighted by atomic mass is 10.1. The van der Waals surface area contributed by atoms with E-state index in [1.54, 1.807) is 20.8 Å². The van der Waals surface area contributed by atoms with Crippen molar-refractivity contribution in [3.63, 3.8) is 0 Å². The largest absolute Gasteiger partial charge is 0.444 e. The molecule has 0 spiro atoms. The summed E-state index contributed by atoms with van der Waals surface area (Å²) in [6.45, 7) is 4.85. The molecule has 1 amide bonds. The maximum Gasteiger partial charge on any atom is 0.407 e. The van der Waals surface area contributed by atoms with Crippen molar-refractivity contribution in [3.05, 3.63) is 34.9 Å². The summed E-state index contributed by atoms with van der Waals surface area (Å²) in [5.74, 6) is -1.58. The van der Waals surface area contributed by atoms with Crippen molar-refractivity contribution in [1.82, 2.24) is 5.32 Å². The lowest BCUT2D eigenvalue weighted by molar-refractivity contribution is 0.0523. The Morgan fingerprint density at radius 3 is 2.53 bits per heavy atom. The third kappa shape index (κ3) is 4.54. The number of rotatable bonds is 2. The zero-order valence-corrected chi connectivity index (χ0v) is 10.9. The van der Waals surface area contributed by atoms with Crippen molar-refractivity contribution in [3.8, 4) is 6.07 Å². The molecule has 0 atom stereocenters. The van der Waals surface area contributed by atoms with Crippen molar-refractivity contribution in [2.24, 2.45) is 0 Å². The first-order chi connectivity index (χ1) is 8.73. The lowest BCUT2D eigenvalue weighted by Crippen LogP contribution is -2.32. The average molecular weight is 268 g/mol. The smallest absolute Gasteiger partial charge is 0.407 e. The van der Waals surface area contributed by atoms with Crippen molar-refractivity contribution in [2.75, 3.05) is 0 Å². The van der Waals surface area contributed by atoms with Gasteiger partial charge in [-0.05, 0) is 32.9 Å². The summed E-state index contributed by atoms with van der Waals surface area (Å²) in [5.41, 5.74) is -1.10. The number of nitriles is 1. The molecule has 1 rings (SSSR count). The summed E-state index contributed by atoms with van der Waals surface area (Å²) in [6.07, 6.45) is -0.725. The Morgan fingerprint density at radius 1 is 1.37 bits per heavy atom. The van der Waals surface area contributed by atoms with E-state index in [1.807, 2.05) is 0 Å². The van der Waals surface area contributed by atoms with Gasteiger partial charge in [-0.2, -0.15) is 5.26 Å². The summed E-state index contributed by atoms with van der Waals surface area (Å²) in [7, 11) is 0. The van der Waals surface area contributed by atoms with Crippen molar-refractivity contribution in [1.29, 1.82) is 5.26 Å². The highest BCUT2D eigenvalue weighted by atomic mass is 19.1. The SMILES string of the molecule is CC(C)(C)OC(=O)NCc1cc(F)c(C#N)cc1F. The second-order valence-corrected chi connectivity index (χ2v) is 4.89. The first-order valence-corrected chi connectivity index (χ1v) is 5.58. The van der Waals surface area contributed by atoms with E-state index in [4.69, 9.17) is 10.00 Å². The van der Waals surface area contributed by atoms with E-state index in [-0.39, 0.29) is 17.7 Å². The Balaban J connectivity index is 2.72. The maximum atomic E-state index is 13.5. The van der Waals surface area contributed by atoms with E-state index >= 15 is 0 Å². The number of amides is 1. The molecular weight excluding hydrogens is 254 g/mol. The number of ether oxygens (including phenoxy) is 1. The van der Waals surface area contributed by atoms with Crippen LogP contribution < -0.4 is 5.32 Å². The zero-order chi connectivity index (χ0) is 14.6. The number of hydrogen-bond acceptors (Lipinski definition) is 3. The van der Waals surface area contributed by atoms with Gasteiger partial charge in [-0.1, -0.05) is 0 Å². The summed E-state index contributed by atoms with van der Waals surface area (Å²) in [5, 5.41) is 10.8. The molecule has 0 radical (unpaired) electrons. The third-order valence-electron chi connectivity index (χ3n) is 2.08. The highest BCUT2D eigenvalue weighted by Crippen LogP contribution is 2.14. The number of nitrogens with zero attached hydrogens (tertiary/aromatic N) is 1. The Labute approximate surface area is 110 Å². The van der Waals surface area contributed by atoms with Gasteiger partial charge in [-0.3, -0.25) is 0 Å². The standard InChI is InChI=1S/C13H14F2N2O2/c1-13(2,3)19-12(18)17-7-9-5-10(14)8(6-16)4-11(9)15/h4-5H,7H2,1-3H3,(H,17,18). The van der Waals surface area contributed by atoms with Gasteiger partial charge in [-0.25, -0.2) is 13.6 Å². The van der Waals surface area contributed by atoms with Crippen LogP contribution in [0.2, 0.25) is 0 Å². The minimum Gasteiger partial charge on any atom is -0.444 e. The van der Waals surface area contributed by atoms with Crippen LogP contribution in [0.4, 0.5) is 13.6 Å². The van der Waals surface area contributed by atoms with Crippen LogP contribution >= 0.6 is 0 Å². The van der Waals surface area contributed by atoms with E-state index < -0.39 is 23.3 Å². The predicted octanol–water partition coefficient (Wildman–Crippen LogP) is 2.86. The molecule has 0 fully saturated rings. The van der Waals surface area contributed by atoms with E-state index in [9.17, 15) is 13.6 Å². The molecule has 0 aliphatic heterocycles. The number of benzene rings is 1. The molecule has 4 nitrogen and oxygen atoms in total. The van der Waals surface area contributed by atoms with E-state index in [0.29, 0.717) is 0 Å². The third-order valence-corrected chi connectivity index (χ3v) is 2.08. The predicted molar refractivity (Wildman–Crippen MR) is 64.1 cm³/mol. The van der Waals surface area contributed by atoms with E-state index in [2.05, 4.69) is 5.32 Å². The first-order valence-electron chi connectivity index (χ1n) is 5.58. The van der Waals surface area contributed by atoms with E-state index in [0.717, 1.165) is 12.1 Å². The van der Waals surface area contributed by atoms with Crippen LogP contribution in [0.3, 0.4) is 0 Å². The summed E-state index contributed by atoms with van der Waals surface area (Å²) in [6, 6.07) is 3.21. The van der Waals surface area contributed by atoms with Crippen LogP contribution in [0.5, 0.6) is 0 Å². The molecule has 0 unspecified atom stereocenters. The molecule has 0 aromatic heterocycles. The zero-order valence-electron chi connectivity index (χ0n) is 10.9. The molecule has 0 heterocycles. The Bertz CT molecular complexity index is 531. The van der Waals surface area contributed by atoms with Crippen LogP contribution in [0.1, 0.15) is 31.9 Å². The average Bonchev–Trinajstić information content (AvgIpc) is 2.27. The molecule has 0 aliphatic carbocycles. The summed E-state index contributed by atoms with van der Waals surface area (Å²) >= 11 is 0. The van der Waals surface area contributed by atoms with Crippen LogP contribution in [-0.4, -0.2) is 11.7 Å². The Kier molecular flexibility index (Phi) is 4.43. The number of alkyl carbamates (subject to hydrolysis) is 1. The van der Waals surface area contributed by atoms with Gasteiger partial charge in [0.1, 0.15) is 23.3 Å². The minimum atomic E-state index is -0.829. The van der Waals surface area contributed by atoms with Gasteiger partial charge in [-0.15, -0.1) is 0 Å². The quantitative estimate of drug-likeness (QED) is 0.897. The summed E-state index contributed by atoms with van der Waals surface area (Å²) in [4.78, 5) is 11.3. The molecule has 0 aliphatic rings. The maximum absolute atomic E-state index is 13.5. The molecule has 1 aromatic carbocycles. The van der Waals surface area contributed by atoms with Gasteiger partial charge < -0.3 is 10.1 Å². The number of carbonyl (C=O) groups is 1. The topological polar surface area (TPSA) is 62.1 Å². The molecule has 1 N–H and O–H groups in total. The number of halogens is 2. The fraction of sp³-hybridized carbons (Fsp3) is 0.385.